The summed E-state index contributed by atoms with van der Waals surface area (Å²) in [6, 6.07) is 10.0. The van der Waals surface area contributed by atoms with E-state index in [9.17, 15) is 8.42 Å². The quantitative estimate of drug-likeness (QED) is 0.866. The van der Waals surface area contributed by atoms with Crippen LogP contribution in [0.15, 0.2) is 30.3 Å². The number of nitrogens with one attached hydrogen (secondary N) is 1. The van der Waals surface area contributed by atoms with Gasteiger partial charge in [-0.05, 0) is 19.4 Å². The molecule has 0 unspecified atom stereocenters. The minimum Gasteiger partial charge on any atom is -0.364 e. The first-order valence-electron chi connectivity index (χ1n) is 8.96. The largest absolute Gasteiger partial charge is 0.364 e. The van der Waals surface area contributed by atoms with E-state index in [1.54, 1.807) is 9.21 Å². The number of hydrogen-bond donors (Lipinski definition) is 1. The zero-order chi connectivity index (χ0) is 17.2. The summed E-state index contributed by atoms with van der Waals surface area (Å²) in [4.78, 5) is 1.58. The van der Waals surface area contributed by atoms with E-state index >= 15 is 0 Å². The van der Waals surface area contributed by atoms with Gasteiger partial charge in [0, 0.05) is 25.9 Å². The van der Waals surface area contributed by atoms with Crippen molar-refractivity contribution in [3.05, 3.63) is 35.9 Å². The SMILES string of the molecule is C[C@H]1C[NH+](C2CCN(S(=O)(=O)Cc3ccccc3)CC2)C[C@H](C)O1. The number of rotatable bonds is 4. The zero-order valence-corrected chi connectivity index (χ0v) is 15.5. The van der Waals surface area contributed by atoms with Crippen LogP contribution in [0, 0.1) is 0 Å². The summed E-state index contributed by atoms with van der Waals surface area (Å²) in [5.41, 5.74) is 0.862. The van der Waals surface area contributed by atoms with E-state index < -0.39 is 10.0 Å². The van der Waals surface area contributed by atoms with E-state index in [2.05, 4.69) is 13.8 Å². The van der Waals surface area contributed by atoms with Crippen molar-refractivity contribution in [2.45, 2.75) is 50.7 Å². The third-order valence-corrected chi connectivity index (χ3v) is 7.03. The third-order valence-electron chi connectivity index (χ3n) is 5.18. The van der Waals surface area contributed by atoms with E-state index in [-0.39, 0.29) is 5.75 Å². The van der Waals surface area contributed by atoms with Gasteiger partial charge < -0.3 is 9.64 Å². The molecule has 0 radical (unpaired) electrons. The molecule has 2 aliphatic rings. The summed E-state index contributed by atoms with van der Waals surface area (Å²) in [5.74, 6) is 0.108. The number of sulfonamides is 1. The molecule has 24 heavy (non-hydrogen) atoms. The molecule has 0 aliphatic carbocycles. The fourth-order valence-electron chi connectivity index (χ4n) is 4.07. The summed E-state index contributed by atoms with van der Waals surface area (Å²) in [6.45, 7) is 7.63. The highest BCUT2D eigenvalue weighted by Crippen LogP contribution is 2.17. The van der Waals surface area contributed by atoms with Gasteiger partial charge in [-0.2, -0.15) is 0 Å². The lowest BCUT2D eigenvalue weighted by Gasteiger charge is -2.40. The van der Waals surface area contributed by atoms with Crippen molar-refractivity contribution in [2.75, 3.05) is 26.2 Å². The molecule has 0 aromatic heterocycles. The first-order chi connectivity index (χ1) is 11.4. The van der Waals surface area contributed by atoms with Gasteiger partial charge in [0.1, 0.15) is 25.3 Å². The van der Waals surface area contributed by atoms with Crippen LogP contribution in [-0.2, 0) is 20.5 Å². The predicted octanol–water partition coefficient (Wildman–Crippen LogP) is 0.673. The summed E-state index contributed by atoms with van der Waals surface area (Å²) in [6.07, 6.45) is 2.48. The van der Waals surface area contributed by atoms with Crippen LogP contribution >= 0.6 is 0 Å². The topological polar surface area (TPSA) is 51.0 Å². The van der Waals surface area contributed by atoms with Gasteiger partial charge in [0.2, 0.25) is 10.0 Å². The average molecular weight is 354 g/mol. The standard InChI is InChI=1S/C18H28N2O3S/c1-15-12-19(13-16(2)23-15)18-8-10-20(11-9-18)24(21,22)14-17-6-4-3-5-7-17/h3-7,15-16,18H,8-14H2,1-2H3/p+1/t15-,16-/m0/s1. The van der Waals surface area contributed by atoms with Gasteiger partial charge in [-0.15, -0.1) is 0 Å². The molecule has 3 rings (SSSR count). The zero-order valence-electron chi connectivity index (χ0n) is 14.6. The maximum absolute atomic E-state index is 12.6. The molecule has 2 heterocycles. The second-order valence-corrected chi connectivity index (χ2v) is 9.21. The van der Waals surface area contributed by atoms with Crippen LogP contribution in [0.1, 0.15) is 32.3 Å². The normalized spacial score (nSPS) is 30.3. The van der Waals surface area contributed by atoms with Crippen molar-refractivity contribution in [1.29, 1.82) is 0 Å². The second-order valence-electron chi connectivity index (χ2n) is 7.24. The highest BCUT2D eigenvalue weighted by Gasteiger charge is 2.36. The molecule has 0 bridgehead atoms. The lowest BCUT2D eigenvalue weighted by atomic mass is 10.0. The van der Waals surface area contributed by atoms with Gasteiger partial charge in [-0.3, -0.25) is 0 Å². The van der Waals surface area contributed by atoms with E-state index in [1.807, 2.05) is 30.3 Å². The Kier molecular flexibility index (Phi) is 5.59. The summed E-state index contributed by atoms with van der Waals surface area (Å²) >= 11 is 0. The van der Waals surface area contributed by atoms with Crippen molar-refractivity contribution < 1.29 is 18.1 Å². The smallest absolute Gasteiger partial charge is 0.218 e. The van der Waals surface area contributed by atoms with E-state index in [1.165, 1.54) is 0 Å². The minimum absolute atomic E-state index is 0.108. The van der Waals surface area contributed by atoms with Gasteiger partial charge in [-0.1, -0.05) is 30.3 Å². The highest BCUT2D eigenvalue weighted by molar-refractivity contribution is 7.88. The van der Waals surface area contributed by atoms with Crippen LogP contribution in [0.2, 0.25) is 0 Å². The molecule has 2 atom stereocenters. The summed E-state index contributed by atoms with van der Waals surface area (Å²) < 4.78 is 32.8. The van der Waals surface area contributed by atoms with Crippen molar-refractivity contribution in [1.82, 2.24) is 4.31 Å². The third kappa shape index (κ3) is 4.36. The monoisotopic (exact) mass is 353 g/mol. The van der Waals surface area contributed by atoms with E-state index in [0.717, 1.165) is 31.5 Å². The Labute approximate surface area is 145 Å². The Morgan fingerprint density at radius 3 is 2.25 bits per heavy atom. The van der Waals surface area contributed by atoms with Crippen LogP contribution in [0.25, 0.3) is 0 Å². The minimum atomic E-state index is -3.21. The molecule has 1 aromatic carbocycles. The molecule has 0 amide bonds. The maximum atomic E-state index is 12.6. The van der Waals surface area contributed by atoms with E-state index in [4.69, 9.17) is 4.74 Å². The fourth-order valence-corrected chi connectivity index (χ4v) is 5.63. The molecule has 2 saturated heterocycles. The molecule has 1 aromatic rings. The second kappa shape index (κ2) is 7.52. The Morgan fingerprint density at radius 1 is 1.08 bits per heavy atom. The lowest BCUT2D eigenvalue weighted by Crippen LogP contribution is -3.19. The van der Waals surface area contributed by atoms with Crippen LogP contribution in [0.3, 0.4) is 0 Å². The molecule has 6 heteroatoms. The number of ether oxygens (including phenoxy) is 1. The number of quaternary nitrogens is 1. The molecule has 2 fully saturated rings. The first-order valence-corrected chi connectivity index (χ1v) is 10.6. The predicted molar refractivity (Wildman–Crippen MR) is 94.4 cm³/mol. The number of piperidine rings is 1. The van der Waals surface area contributed by atoms with Crippen molar-refractivity contribution in [3.63, 3.8) is 0 Å². The molecular weight excluding hydrogens is 324 g/mol. The number of hydrogen-bond acceptors (Lipinski definition) is 3. The van der Waals surface area contributed by atoms with Gasteiger partial charge in [0.05, 0.1) is 11.8 Å². The molecule has 0 saturated carbocycles. The van der Waals surface area contributed by atoms with Crippen LogP contribution in [0.5, 0.6) is 0 Å². The first kappa shape index (κ1) is 17.9. The van der Waals surface area contributed by atoms with Gasteiger partial charge in [0.25, 0.3) is 0 Å². The molecule has 134 valence electrons. The maximum Gasteiger partial charge on any atom is 0.218 e. The van der Waals surface area contributed by atoms with Crippen molar-refractivity contribution in [2.24, 2.45) is 0 Å². The summed E-state index contributed by atoms with van der Waals surface area (Å²) in [5, 5.41) is 0. The van der Waals surface area contributed by atoms with Gasteiger partial charge in [0.15, 0.2) is 0 Å². The molecular formula is C18H29N2O3S+. The number of nitrogens with zero attached hydrogens (tertiary/aromatic N) is 1. The lowest BCUT2D eigenvalue weighted by molar-refractivity contribution is -0.940. The van der Waals surface area contributed by atoms with Crippen molar-refractivity contribution >= 4 is 10.0 Å². The molecule has 1 N–H and O–H groups in total. The average Bonchev–Trinajstić information content (AvgIpc) is 2.54. The molecule has 0 spiro atoms. The Bertz CT molecular complexity index is 617. The Hall–Kier alpha value is -0.950. The van der Waals surface area contributed by atoms with Crippen LogP contribution in [-0.4, -0.2) is 57.2 Å². The van der Waals surface area contributed by atoms with E-state index in [0.29, 0.717) is 31.3 Å². The number of benzene rings is 1. The van der Waals surface area contributed by atoms with Crippen LogP contribution < -0.4 is 4.90 Å². The van der Waals surface area contributed by atoms with Gasteiger partial charge in [-0.25, -0.2) is 12.7 Å². The molecule has 5 nitrogen and oxygen atoms in total. The Balaban J connectivity index is 1.56. The Morgan fingerprint density at radius 2 is 1.67 bits per heavy atom. The van der Waals surface area contributed by atoms with Gasteiger partial charge >= 0.3 is 0 Å². The summed E-state index contributed by atoms with van der Waals surface area (Å²) in [7, 11) is -3.21. The van der Waals surface area contributed by atoms with Crippen molar-refractivity contribution in [3.8, 4) is 0 Å². The van der Waals surface area contributed by atoms with Crippen LogP contribution in [0.4, 0.5) is 0 Å². The fraction of sp³-hybridized carbons (Fsp3) is 0.667. The number of morpholine rings is 1. The highest BCUT2D eigenvalue weighted by atomic mass is 32.2. The molecule has 2 aliphatic heterocycles.